The van der Waals surface area contributed by atoms with Gasteiger partial charge in [0.1, 0.15) is 0 Å². The molecule has 0 fully saturated rings. The van der Waals surface area contributed by atoms with Crippen LogP contribution in [0, 0.1) is 13.8 Å². The van der Waals surface area contributed by atoms with E-state index in [9.17, 15) is 4.79 Å². The van der Waals surface area contributed by atoms with Crippen LogP contribution in [0.2, 0.25) is 10.0 Å². The summed E-state index contributed by atoms with van der Waals surface area (Å²) in [6.07, 6.45) is 1.63. The molecule has 1 N–H and O–H groups in total. The largest absolute Gasteiger partial charge is 0.316 e. The molecule has 0 atom stereocenters. The molecule has 0 radical (unpaired) electrons. The lowest BCUT2D eigenvalue weighted by Crippen LogP contribution is -2.16. The van der Waals surface area contributed by atoms with Crippen LogP contribution in [0.15, 0.2) is 46.9 Å². The molecule has 0 unspecified atom stereocenters. The van der Waals surface area contributed by atoms with E-state index in [-0.39, 0.29) is 5.91 Å². The van der Waals surface area contributed by atoms with Crippen molar-refractivity contribution < 1.29 is 4.79 Å². The number of benzene rings is 1. The van der Waals surface area contributed by atoms with Crippen molar-refractivity contribution in [2.24, 2.45) is 5.10 Å². The predicted octanol–water partition coefficient (Wildman–Crippen LogP) is 5.23. The number of hydrogen-bond acceptors (Lipinski definition) is 3. The molecule has 0 spiro atoms. The molecule has 0 bridgehead atoms. The summed E-state index contributed by atoms with van der Waals surface area (Å²) in [4.78, 5) is 12.5. The van der Waals surface area contributed by atoms with Crippen LogP contribution in [0.5, 0.6) is 0 Å². The second-order valence-corrected chi connectivity index (χ2v) is 7.14. The van der Waals surface area contributed by atoms with Crippen LogP contribution in [0.4, 0.5) is 0 Å². The van der Waals surface area contributed by atoms with Crippen LogP contribution < -0.4 is 5.43 Å². The van der Waals surface area contributed by atoms with E-state index in [0.29, 0.717) is 14.9 Å². The van der Waals surface area contributed by atoms with Gasteiger partial charge in [-0.05, 0) is 43.5 Å². The molecule has 7 heteroatoms. The molecular weight excluding hydrogens is 377 g/mol. The highest BCUT2D eigenvalue weighted by molar-refractivity contribution is 7.12. The smallest absolute Gasteiger partial charge is 0.281 e. The molecule has 4 nitrogen and oxygen atoms in total. The quantitative estimate of drug-likeness (QED) is 0.480. The summed E-state index contributed by atoms with van der Waals surface area (Å²) in [5.41, 5.74) is 6.18. The topological polar surface area (TPSA) is 46.4 Å². The van der Waals surface area contributed by atoms with Crippen molar-refractivity contribution in [2.75, 3.05) is 0 Å². The average molecular weight is 392 g/mol. The Morgan fingerprint density at radius 1 is 1.24 bits per heavy atom. The van der Waals surface area contributed by atoms with Crippen LogP contribution in [0.3, 0.4) is 0 Å². The molecule has 2 aromatic heterocycles. The van der Waals surface area contributed by atoms with Gasteiger partial charge in [0.05, 0.1) is 26.8 Å². The van der Waals surface area contributed by atoms with Crippen LogP contribution in [0.1, 0.15) is 26.6 Å². The number of carbonyl (C=O) groups excluding carboxylic acids is 1. The first-order valence-corrected chi connectivity index (χ1v) is 9.13. The minimum absolute atomic E-state index is 0.224. The zero-order valence-corrected chi connectivity index (χ0v) is 15.9. The fraction of sp³-hybridized carbons (Fsp3) is 0.111. The van der Waals surface area contributed by atoms with E-state index in [1.807, 2.05) is 48.1 Å². The Morgan fingerprint density at radius 3 is 2.76 bits per heavy atom. The fourth-order valence-electron chi connectivity index (χ4n) is 2.58. The lowest BCUT2D eigenvalue weighted by atomic mass is 10.2. The van der Waals surface area contributed by atoms with Gasteiger partial charge in [0.15, 0.2) is 0 Å². The highest BCUT2D eigenvalue weighted by atomic mass is 35.5. The van der Waals surface area contributed by atoms with Gasteiger partial charge in [-0.25, -0.2) is 5.43 Å². The van der Waals surface area contributed by atoms with Crippen LogP contribution in [-0.4, -0.2) is 16.7 Å². The average Bonchev–Trinajstić information content (AvgIpc) is 3.20. The summed E-state index contributed by atoms with van der Waals surface area (Å²) in [6, 6.07) is 11.1. The summed E-state index contributed by atoms with van der Waals surface area (Å²) >= 11 is 13.8. The van der Waals surface area contributed by atoms with E-state index in [4.69, 9.17) is 23.2 Å². The van der Waals surface area contributed by atoms with Crippen LogP contribution in [-0.2, 0) is 0 Å². The van der Waals surface area contributed by atoms with Crippen molar-refractivity contribution >= 4 is 46.7 Å². The molecule has 25 heavy (non-hydrogen) atoms. The summed E-state index contributed by atoms with van der Waals surface area (Å²) in [5, 5.41) is 6.91. The predicted molar refractivity (Wildman–Crippen MR) is 105 cm³/mol. The molecule has 1 amide bonds. The van der Waals surface area contributed by atoms with Gasteiger partial charge in [0.2, 0.25) is 0 Å². The van der Waals surface area contributed by atoms with Crippen LogP contribution in [0.25, 0.3) is 5.69 Å². The third kappa shape index (κ3) is 3.63. The third-order valence-corrected chi connectivity index (χ3v) is 5.43. The summed E-state index contributed by atoms with van der Waals surface area (Å²) in [7, 11) is 0. The third-order valence-electron chi connectivity index (χ3n) is 3.76. The number of aromatic nitrogens is 1. The Morgan fingerprint density at radius 2 is 2.04 bits per heavy atom. The van der Waals surface area contributed by atoms with E-state index >= 15 is 0 Å². The van der Waals surface area contributed by atoms with E-state index in [2.05, 4.69) is 10.5 Å². The Labute approximate surface area is 159 Å². The lowest BCUT2D eigenvalue weighted by Gasteiger charge is -2.12. The number of amides is 1. The number of hydrazone groups is 1. The first kappa shape index (κ1) is 17.7. The number of hydrogen-bond donors (Lipinski definition) is 1. The molecule has 128 valence electrons. The van der Waals surface area contributed by atoms with Crippen molar-refractivity contribution in [1.82, 2.24) is 9.99 Å². The number of rotatable bonds is 4. The number of carbonyl (C=O) groups is 1. The molecule has 0 aliphatic carbocycles. The zero-order chi connectivity index (χ0) is 18.0. The molecule has 0 saturated carbocycles. The summed E-state index contributed by atoms with van der Waals surface area (Å²) in [5.74, 6) is -0.224. The van der Waals surface area contributed by atoms with E-state index in [1.165, 1.54) is 11.3 Å². The minimum Gasteiger partial charge on any atom is -0.316 e. The minimum atomic E-state index is -0.224. The zero-order valence-electron chi connectivity index (χ0n) is 13.6. The second kappa shape index (κ2) is 7.44. The summed E-state index contributed by atoms with van der Waals surface area (Å²) in [6.45, 7) is 3.94. The highest BCUT2D eigenvalue weighted by Gasteiger charge is 2.13. The second-order valence-electron chi connectivity index (χ2n) is 5.41. The molecule has 0 saturated heterocycles. The normalized spacial score (nSPS) is 11.2. The van der Waals surface area contributed by atoms with E-state index in [0.717, 1.165) is 22.6 Å². The first-order chi connectivity index (χ1) is 12.0. The standard InChI is InChI=1S/C18H15Cl2N3OS/c1-11-9-13(10-21-22-18(24)16-7-4-8-25-16)12(2)23(11)15-6-3-5-14(19)17(15)20/h3-10H,1-2H3,(H,22,24)/b21-10-. The van der Waals surface area contributed by atoms with Crippen molar-refractivity contribution in [3.05, 3.63) is 73.7 Å². The summed E-state index contributed by atoms with van der Waals surface area (Å²) < 4.78 is 2.01. The maximum Gasteiger partial charge on any atom is 0.281 e. The molecule has 0 aliphatic rings. The highest BCUT2D eigenvalue weighted by Crippen LogP contribution is 2.31. The molecule has 3 aromatic rings. The van der Waals surface area contributed by atoms with Crippen molar-refractivity contribution in [1.29, 1.82) is 0 Å². The number of nitrogens with one attached hydrogen (secondary N) is 1. The van der Waals surface area contributed by atoms with Gasteiger partial charge in [-0.15, -0.1) is 11.3 Å². The maximum atomic E-state index is 11.9. The number of aryl methyl sites for hydroxylation is 1. The number of thiophene rings is 1. The Bertz CT molecular complexity index is 946. The fourth-order valence-corrected chi connectivity index (χ4v) is 3.57. The van der Waals surface area contributed by atoms with Gasteiger partial charge in [0.25, 0.3) is 5.91 Å². The van der Waals surface area contributed by atoms with Crippen LogP contribution >= 0.6 is 34.5 Å². The molecule has 1 aromatic carbocycles. The van der Waals surface area contributed by atoms with Gasteiger partial charge >= 0.3 is 0 Å². The Balaban J connectivity index is 1.86. The lowest BCUT2D eigenvalue weighted by molar-refractivity contribution is 0.0959. The van der Waals surface area contributed by atoms with Gasteiger partial charge in [-0.1, -0.05) is 35.3 Å². The van der Waals surface area contributed by atoms with Crippen molar-refractivity contribution in [3.8, 4) is 5.69 Å². The Kier molecular flexibility index (Phi) is 5.27. The van der Waals surface area contributed by atoms with Crippen molar-refractivity contribution in [2.45, 2.75) is 13.8 Å². The Hall–Kier alpha value is -2.08. The molecule has 0 aliphatic heterocycles. The monoisotopic (exact) mass is 391 g/mol. The molecule has 2 heterocycles. The number of halogens is 2. The van der Waals surface area contributed by atoms with Crippen molar-refractivity contribution in [3.63, 3.8) is 0 Å². The molecular formula is C18H15Cl2N3OS. The molecule has 3 rings (SSSR count). The van der Waals surface area contributed by atoms with E-state index < -0.39 is 0 Å². The maximum absolute atomic E-state index is 11.9. The SMILES string of the molecule is Cc1cc(/C=N\NC(=O)c2cccs2)c(C)n1-c1cccc(Cl)c1Cl. The first-order valence-electron chi connectivity index (χ1n) is 7.49. The van der Waals surface area contributed by atoms with Gasteiger partial charge < -0.3 is 4.57 Å². The van der Waals surface area contributed by atoms with E-state index in [1.54, 1.807) is 18.3 Å². The van der Waals surface area contributed by atoms with Gasteiger partial charge in [0, 0.05) is 17.0 Å². The van der Waals surface area contributed by atoms with Gasteiger partial charge in [-0.3, -0.25) is 4.79 Å². The number of nitrogens with zero attached hydrogens (tertiary/aromatic N) is 2. The van der Waals surface area contributed by atoms with Gasteiger partial charge in [-0.2, -0.15) is 5.10 Å².